The minimum atomic E-state index is -0.594. The smallest absolute Gasteiger partial charge is 0.310 e. The second-order valence-electron chi connectivity index (χ2n) is 5.75. The molecule has 2 rings (SSSR count). The fourth-order valence-corrected chi connectivity index (χ4v) is 3.17. The van der Waals surface area contributed by atoms with Crippen molar-refractivity contribution in [1.82, 2.24) is 4.90 Å². The summed E-state index contributed by atoms with van der Waals surface area (Å²) >= 11 is 3.41. The highest BCUT2D eigenvalue weighted by Gasteiger charge is 2.27. The molecular formula is C17H25BrClNO4. The third kappa shape index (κ3) is 6.59. The van der Waals surface area contributed by atoms with E-state index in [1.165, 1.54) is 0 Å². The van der Waals surface area contributed by atoms with Crippen molar-refractivity contribution in [3.8, 4) is 5.75 Å². The zero-order valence-corrected chi connectivity index (χ0v) is 16.2. The number of hydrogen-bond acceptors (Lipinski definition) is 5. The third-order valence-electron chi connectivity index (χ3n) is 3.86. The number of β-amino-alcohol motifs (C(OH)–C–C–N with tert-alkyl or cyclic N) is 1. The number of carbonyl (C=O) groups excluding carboxylic acids is 1. The molecule has 0 amide bonds. The predicted molar refractivity (Wildman–Crippen MR) is 98.7 cm³/mol. The molecule has 1 aliphatic heterocycles. The van der Waals surface area contributed by atoms with Gasteiger partial charge in [-0.05, 0) is 54.4 Å². The van der Waals surface area contributed by atoms with E-state index in [0.717, 1.165) is 29.6 Å². The second-order valence-corrected chi connectivity index (χ2v) is 6.60. The lowest BCUT2D eigenvalue weighted by Crippen LogP contribution is -2.44. The van der Waals surface area contributed by atoms with Crippen molar-refractivity contribution in [3.63, 3.8) is 0 Å². The summed E-state index contributed by atoms with van der Waals surface area (Å²) < 4.78 is 11.6. The molecule has 0 aromatic heterocycles. The third-order valence-corrected chi connectivity index (χ3v) is 4.52. The van der Waals surface area contributed by atoms with Gasteiger partial charge in [-0.25, -0.2) is 0 Å². The van der Waals surface area contributed by atoms with Crippen LogP contribution in [0.4, 0.5) is 0 Å². The molecule has 2 unspecified atom stereocenters. The van der Waals surface area contributed by atoms with Crippen LogP contribution >= 0.6 is 28.3 Å². The van der Waals surface area contributed by atoms with E-state index in [1.807, 2.05) is 31.2 Å². The Bertz CT molecular complexity index is 517. The zero-order chi connectivity index (χ0) is 16.7. The molecule has 0 spiro atoms. The van der Waals surface area contributed by atoms with E-state index in [-0.39, 0.29) is 30.9 Å². The predicted octanol–water partition coefficient (Wildman–Crippen LogP) is 2.89. The number of hydrogen-bond donors (Lipinski definition) is 1. The summed E-state index contributed by atoms with van der Waals surface area (Å²) in [5.41, 5.74) is 0. The van der Waals surface area contributed by atoms with Gasteiger partial charge in [-0.15, -0.1) is 12.4 Å². The van der Waals surface area contributed by atoms with Crippen LogP contribution in [0, 0.1) is 5.92 Å². The van der Waals surface area contributed by atoms with E-state index in [4.69, 9.17) is 9.47 Å². The highest BCUT2D eigenvalue weighted by Crippen LogP contribution is 2.24. The molecule has 1 saturated heterocycles. The number of aliphatic hydroxyl groups is 1. The molecule has 1 aliphatic rings. The summed E-state index contributed by atoms with van der Waals surface area (Å²) in [5, 5.41) is 10.2. The van der Waals surface area contributed by atoms with Crippen LogP contribution < -0.4 is 4.74 Å². The van der Waals surface area contributed by atoms with E-state index in [1.54, 1.807) is 0 Å². The van der Waals surface area contributed by atoms with Crippen LogP contribution in [-0.2, 0) is 9.53 Å². The van der Waals surface area contributed by atoms with Crippen molar-refractivity contribution >= 4 is 34.3 Å². The largest absolute Gasteiger partial charge is 0.490 e. The highest BCUT2D eigenvalue weighted by atomic mass is 79.9. The number of piperidine rings is 1. The number of likely N-dealkylation sites (tertiary alicyclic amines) is 1. The van der Waals surface area contributed by atoms with Crippen LogP contribution in [0.25, 0.3) is 0 Å². The summed E-state index contributed by atoms with van der Waals surface area (Å²) in [6.45, 7) is 4.50. The minimum Gasteiger partial charge on any atom is -0.490 e. The van der Waals surface area contributed by atoms with Crippen molar-refractivity contribution < 1.29 is 19.4 Å². The lowest BCUT2D eigenvalue weighted by atomic mass is 9.98. The summed E-state index contributed by atoms with van der Waals surface area (Å²) in [5.74, 6) is 0.505. The zero-order valence-electron chi connectivity index (χ0n) is 13.8. The molecule has 5 nitrogen and oxygen atoms in total. The summed E-state index contributed by atoms with van der Waals surface area (Å²) in [7, 11) is 0. The van der Waals surface area contributed by atoms with E-state index >= 15 is 0 Å². The molecule has 0 bridgehead atoms. The molecule has 1 N–H and O–H groups in total. The fourth-order valence-electron chi connectivity index (χ4n) is 2.77. The van der Waals surface area contributed by atoms with Gasteiger partial charge < -0.3 is 14.6 Å². The van der Waals surface area contributed by atoms with Crippen LogP contribution in [0.15, 0.2) is 28.7 Å². The molecule has 0 saturated carbocycles. The number of rotatable bonds is 7. The van der Waals surface area contributed by atoms with E-state index in [0.29, 0.717) is 19.7 Å². The van der Waals surface area contributed by atoms with Gasteiger partial charge in [0.25, 0.3) is 0 Å². The van der Waals surface area contributed by atoms with Gasteiger partial charge in [0.2, 0.25) is 0 Å². The Morgan fingerprint density at radius 3 is 2.92 bits per heavy atom. The summed E-state index contributed by atoms with van der Waals surface area (Å²) in [4.78, 5) is 13.9. The van der Waals surface area contributed by atoms with Crippen molar-refractivity contribution in [2.24, 2.45) is 5.92 Å². The monoisotopic (exact) mass is 421 g/mol. The quantitative estimate of drug-likeness (QED) is 0.685. The lowest BCUT2D eigenvalue weighted by molar-refractivity contribution is -0.150. The number of ether oxygens (including phenoxy) is 2. The molecule has 0 aliphatic carbocycles. The Labute approximate surface area is 157 Å². The van der Waals surface area contributed by atoms with Crippen LogP contribution in [-0.4, -0.2) is 54.9 Å². The summed E-state index contributed by atoms with van der Waals surface area (Å²) in [6.07, 6.45) is 1.21. The van der Waals surface area contributed by atoms with Gasteiger partial charge in [0.05, 0.1) is 17.0 Å². The van der Waals surface area contributed by atoms with Crippen molar-refractivity contribution in [2.45, 2.75) is 25.9 Å². The number of nitrogens with zero attached hydrogens (tertiary/aromatic N) is 1. The number of halogens is 2. The Hall–Kier alpha value is -0.820. The van der Waals surface area contributed by atoms with Gasteiger partial charge in [-0.2, -0.15) is 0 Å². The van der Waals surface area contributed by atoms with Gasteiger partial charge in [-0.3, -0.25) is 9.69 Å². The van der Waals surface area contributed by atoms with Crippen LogP contribution in [0.2, 0.25) is 0 Å². The minimum absolute atomic E-state index is 0. The van der Waals surface area contributed by atoms with Gasteiger partial charge >= 0.3 is 5.97 Å². The van der Waals surface area contributed by atoms with Crippen LogP contribution in [0.5, 0.6) is 5.75 Å². The molecule has 0 radical (unpaired) electrons. The second kappa shape index (κ2) is 10.9. The number of carbonyl (C=O) groups is 1. The molecular weight excluding hydrogens is 398 g/mol. The first-order valence-corrected chi connectivity index (χ1v) is 8.83. The molecule has 1 aromatic carbocycles. The molecule has 136 valence electrons. The number of benzene rings is 1. The molecule has 1 heterocycles. The number of para-hydroxylation sites is 1. The molecule has 1 aromatic rings. The Balaban J connectivity index is 0.00000288. The Morgan fingerprint density at radius 2 is 2.21 bits per heavy atom. The fraction of sp³-hybridized carbons (Fsp3) is 0.588. The first kappa shape index (κ1) is 21.2. The van der Waals surface area contributed by atoms with Gasteiger partial charge in [0, 0.05) is 13.1 Å². The van der Waals surface area contributed by atoms with E-state index in [2.05, 4.69) is 20.8 Å². The maximum absolute atomic E-state index is 11.8. The van der Waals surface area contributed by atoms with Gasteiger partial charge in [0.15, 0.2) is 0 Å². The first-order chi connectivity index (χ1) is 11.1. The normalized spacial score (nSPS) is 19.2. The number of aliphatic hydroxyl groups excluding tert-OH is 1. The summed E-state index contributed by atoms with van der Waals surface area (Å²) in [6, 6.07) is 7.56. The molecule has 2 atom stereocenters. The van der Waals surface area contributed by atoms with Crippen LogP contribution in [0.3, 0.4) is 0 Å². The Kier molecular flexibility index (Phi) is 9.66. The van der Waals surface area contributed by atoms with Gasteiger partial charge in [0.1, 0.15) is 18.5 Å². The molecule has 7 heteroatoms. The van der Waals surface area contributed by atoms with E-state index < -0.39 is 6.10 Å². The number of esters is 1. The SMILES string of the molecule is CCOC(=O)C1CCCN(CC(O)COc2ccccc2Br)C1.Cl. The van der Waals surface area contributed by atoms with Crippen molar-refractivity contribution in [1.29, 1.82) is 0 Å². The average Bonchev–Trinajstić information content (AvgIpc) is 2.54. The average molecular weight is 423 g/mol. The molecule has 24 heavy (non-hydrogen) atoms. The van der Waals surface area contributed by atoms with Crippen LogP contribution in [0.1, 0.15) is 19.8 Å². The lowest BCUT2D eigenvalue weighted by Gasteiger charge is -2.32. The van der Waals surface area contributed by atoms with Crippen molar-refractivity contribution in [2.75, 3.05) is 32.8 Å². The van der Waals surface area contributed by atoms with Crippen molar-refractivity contribution in [3.05, 3.63) is 28.7 Å². The highest BCUT2D eigenvalue weighted by molar-refractivity contribution is 9.10. The maximum Gasteiger partial charge on any atom is 0.310 e. The van der Waals surface area contributed by atoms with Gasteiger partial charge in [-0.1, -0.05) is 12.1 Å². The maximum atomic E-state index is 11.8. The topological polar surface area (TPSA) is 59.0 Å². The first-order valence-electron chi connectivity index (χ1n) is 8.04. The standard InChI is InChI=1S/C17H24BrNO4.ClH/c1-2-22-17(21)13-6-5-9-19(10-13)11-14(20)12-23-16-8-4-3-7-15(16)18;/h3-4,7-8,13-14,20H,2,5-6,9-12H2,1H3;1H. The molecule has 1 fully saturated rings. The van der Waals surface area contributed by atoms with E-state index in [9.17, 15) is 9.90 Å². The Morgan fingerprint density at radius 1 is 1.46 bits per heavy atom.